The molecule has 0 bridgehead atoms. The van der Waals surface area contributed by atoms with Gasteiger partial charge in [0, 0.05) is 22.3 Å². The highest BCUT2D eigenvalue weighted by atomic mass is 19.1. The maximum atomic E-state index is 15.0. The van der Waals surface area contributed by atoms with E-state index in [1.165, 1.54) is 24.3 Å². The molecule has 0 aromatic heterocycles. The summed E-state index contributed by atoms with van der Waals surface area (Å²) in [6.07, 6.45) is 2.53. The predicted octanol–water partition coefficient (Wildman–Crippen LogP) is 5.15. The molecular formula is C20H12F2N2. The first-order valence-electron chi connectivity index (χ1n) is 6.95. The van der Waals surface area contributed by atoms with E-state index in [9.17, 15) is 9.65 Å². The number of halogens is 2. The van der Waals surface area contributed by atoms with Crippen LogP contribution in [0.25, 0.3) is 16.7 Å². The number of benzene rings is 2. The van der Waals surface area contributed by atoms with Crippen molar-refractivity contribution in [2.24, 2.45) is 0 Å². The molecule has 2 rings (SSSR count). The fraction of sp³-hybridized carbons (Fsp3) is 0. The van der Waals surface area contributed by atoms with Crippen molar-refractivity contribution in [2.75, 3.05) is 0 Å². The first kappa shape index (κ1) is 16.9. The van der Waals surface area contributed by atoms with Gasteiger partial charge in [0.05, 0.1) is 23.3 Å². The molecule has 24 heavy (non-hydrogen) atoms. The summed E-state index contributed by atoms with van der Waals surface area (Å²) in [7, 11) is 0. The van der Waals surface area contributed by atoms with E-state index in [0.717, 1.165) is 12.1 Å². The molecule has 0 aliphatic rings. The largest absolute Gasteiger partial charge is 0.207 e. The molecule has 116 valence electrons. The van der Waals surface area contributed by atoms with Gasteiger partial charge in [0.1, 0.15) is 11.6 Å². The molecule has 0 aliphatic heterocycles. The Morgan fingerprint density at radius 1 is 1.00 bits per heavy atom. The highest BCUT2D eigenvalue weighted by Crippen LogP contribution is 2.33. The number of nitriles is 2. The molecule has 2 aromatic rings. The zero-order chi connectivity index (χ0) is 17.7. The van der Waals surface area contributed by atoms with Crippen molar-refractivity contribution in [1.29, 1.82) is 10.5 Å². The van der Waals surface area contributed by atoms with Gasteiger partial charge in [-0.3, -0.25) is 0 Å². The maximum absolute atomic E-state index is 15.0. The molecule has 0 aliphatic carbocycles. The van der Waals surface area contributed by atoms with Crippen molar-refractivity contribution in [3.05, 3.63) is 90.0 Å². The summed E-state index contributed by atoms with van der Waals surface area (Å²) in [6.45, 7) is 7.06. The van der Waals surface area contributed by atoms with Crippen LogP contribution in [0, 0.1) is 34.3 Å². The molecule has 2 aromatic carbocycles. The minimum atomic E-state index is -0.733. The van der Waals surface area contributed by atoms with Crippen LogP contribution in [-0.4, -0.2) is 0 Å². The van der Waals surface area contributed by atoms with Crippen LogP contribution in [0.3, 0.4) is 0 Å². The molecule has 0 unspecified atom stereocenters. The number of allylic oxidation sites excluding steroid dienone is 4. The van der Waals surface area contributed by atoms with Crippen molar-refractivity contribution < 1.29 is 8.78 Å². The molecule has 0 saturated heterocycles. The summed E-state index contributed by atoms with van der Waals surface area (Å²) in [5.74, 6) is -1.42. The van der Waals surface area contributed by atoms with E-state index in [2.05, 4.69) is 13.2 Å². The van der Waals surface area contributed by atoms with Crippen LogP contribution in [0.4, 0.5) is 8.78 Å². The molecule has 0 fully saturated rings. The van der Waals surface area contributed by atoms with Crippen LogP contribution in [0.1, 0.15) is 11.1 Å². The minimum absolute atomic E-state index is 0.0529. The van der Waals surface area contributed by atoms with Gasteiger partial charge in [-0.25, -0.2) is 8.78 Å². The second-order valence-corrected chi connectivity index (χ2v) is 4.82. The van der Waals surface area contributed by atoms with Gasteiger partial charge >= 0.3 is 0 Å². The summed E-state index contributed by atoms with van der Waals surface area (Å²) in [4.78, 5) is 0. The van der Waals surface area contributed by atoms with Gasteiger partial charge in [-0.05, 0) is 18.2 Å². The fourth-order valence-electron chi connectivity index (χ4n) is 2.38. The van der Waals surface area contributed by atoms with Gasteiger partial charge in [0.25, 0.3) is 0 Å². The summed E-state index contributed by atoms with van der Waals surface area (Å²) in [6, 6.07) is 12.2. The zero-order valence-electron chi connectivity index (χ0n) is 12.7. The van der Waals surface area contributed by atoms with Crippen LogP contribution in [0.15, 0.2) is 67.3 Å². The lowest BCUT2D eigenvalue weighted by molar-refractivity contribution is 0.600. The van der Waals surface area contributed by atoms with Crippen LogP contribution >= 0.6 is 0 Å². The van der Waals surface area contributed by atoms with Crippen LogP contribution in [-0.2, 0) is 0 Å². The molecule has 0 radical (unpaired) electrons. The molecule has 0 heterocycles. The molecule has 0 saturated carbocycles. The Labute approximate surface area is 138 Å². The molecule has 4 heteroatoms. The smallest absolute Gasteiger partial charge is 0.139 e. The number of hydrogen-bond acceptors (Lipinski definition) is 2. The lowest BCUT2D eigenvalue weighted by Crippen LogP contribution is -1.98. The molecular weight excluding hydrogens is 306 g/mol. The minimum Gasteiger partial charge on any atom is -0.207 e. The average molecular weight is 318 g/mol. The van der Waals surface area contributed by atoms with Crippen LogP contribution in [0.2, 0.25) is 0 Å². The summed E-state index contributed by atoms with van der Waals surface area (Å²) < 4.78 is 29.1. The second-order valence-electron chi connectivity index (χ2n) is 4.82. The van der Waals surface area contributed by atoms with E-state index in [1.54, 1.807) is 12.1 Å². The summed E-state index contributed by atoms with van der Waals surface area (Å²) >= 11 is 0. The van der Waals surface area contributed by atoms with Crippen molar-refractivity contribution in [1.82, 2.24) is 0 Å². The van der Waals surface area contributed by atoms with Gasteiger partial charge in [0.15, 0.2) is 0 Å². The van der Waals surface area contributed by atoms with E-state index in [1.807, 2.05) is 12.1 Å². The molecule has 0 spiro atoms. The zero-order valence-corrected chi connectivity index (χ0v) is 12.7. The van der Waals surface area contributed by atoms with Crippen LogP contribution < -0.4 is 0 Å². The first-order valence-corrected chi connectivity index (χ1v) is 6.95. The van der Waals surface area contributed by atoms with E-state index >= 15 is 4.39 Å². The van der Waals surface area contributed by atoms with Crippen molar-refractivity contribution in [3.8, 4) is 23.3 Å². The third-order valence-electron chi connectivity index (χ3n) is 3.48. The lowest BCUT2D eigenvalue weighted by Gasteiger charge is -2.12. The number of hydrogen-bond donors (Lipinski definition) is 0. The van der Waals surface area contributed by atoms with E-state index in [4.69, 9.17) is 5.26 Å². The van der Waals surface area contributed by atoms with Crippen molar-refractivity contribution >= 4 is 5.57 Å². The lowest BCUT2D eigenvalue weighted by atomic mass is 9.93. The molecule has 0 N–H and O–H groups in total. The quantitative estimate of drug-likeness (QED) is 0.578. The average Bonchev–Trinajstić information content (AvgIpc) is 2.61. The highest BCUT2D eigenvalue weighted by molar-refractivity contribution is 5.84. The van der Waals surface area contributed by atoms with E-state index < -0.39 is 11.6 Å². The maximum Gasteiger partial charge on any atom is 0.139 e. The Balaban J connectivity index is 2.86. The Bertz CT molecular complexity index is 941. The standard InChI is InChI=1S/C20H12F2N2/c1-3-13(11-23)16(4-2)18-9-15(21)10-19(20(18)22)17-8-6-5-7-14(17)12-24/h3-10H,1-2H2/b16-13-. The van der Waals surface area contributed by atoms with E-state index in [-0.39, 0.29) is 33.4 Å². The Morgan fingerprint density at radius 2 is 1.71 bits per heavy atom. The Morgan fingerprint density at radius 3 is 2.29 bits per heavy atom. The highest BCUT2D eigenvalue weighted by Gasteiger charge is 2.18. The molecule has 0 atom stereocenters. The third kappa shape index (κ3) is 2.99. The van der Waals surface area contributed by atoms with Gasteiger partial charge < -0.3 is 0 Å². The molecule has 2 nitrogen and oxygen atoms in total. The first-order chi connectivity index (χ1) is 11.6. The van der Waals surface area contributed by atoms with Gasteiger partial charge in [0.2, 0.25) is 0 Å². The van der Waals surface area contributed by atoms with Crippen LogP contribution in [0.5, 0.6) is 0 Å². The third-order valence-corrected chi connectivity index (χ3v) is 3.48. The summed E-state index contributed by atoms with van der Waals surface area (Å²) in [5.41, 5.74) is 0.557. The Hall–Kier alpha value is -3.50. The second kappa shape index (κ2) is 7.17. The SMILES string of the molecule is C=C/C(C#N)=C(\C=C)c1cc(F)cc(-c2ccccc2C#N)c1F. The van der Waals surface area contributed by atoms with Gasteiger partial charge in [-0.1, -0.05) is 43.5 Å². The van der Waals surface area contributed by atoms with Crippen molar-refractivity contribution in [3.63, 3.8) is 0 Å². The normalized spacial score (nSPS) is 11.0. The molecule has 0 amide bonds. The number of nitrogens with zero attached hydrogens (tertiary/aromatic N) is 2. The monoisotopic (exact) mass is 318 g/mol. The Kier molecular flexibility index (Phi) is 5.04. The topological polar surface area (TPSA) is 47.6 Å². The fourth-order valence-corrected chi connectivity index (χ4v) is 2.38. The predicted molar refractivity (Wildman–Crippen MR) is 89.4 cm³/mol. The van der Waals surface area contributed by atoms with Gasteiger partial charge in [-0.15, -0.1) is 0 Å². The summed E-state index contributed by atoms with van der Waals surface area (Å²) in [5, 5.41) is 18.3. The van der Waals surface area contributed by atoms with E-state index in [0.29, 0.717) is 0 Å². The number of rotatable bonds is 4. The van der Waals surface area contributed by atoms with Gasteiger partial charge in [-0.2, -0.15) is 10.5 Å². The van der Waals surface area contributed by atoms with Crippen molar-refractivity contribution in [2.45, 2.75) is 0 Å².